The van der Waals surface area contributed by atoms with E-state index >= 15 is 0 Å². The highest BCUT2D eigenvalue weighted by Gasteiger charge is 2.02. The SMILES string of the molecule is C#CCOc1ccc(Br)cc1C=Nc1ccccc1C. The van der Waals surface area contributed by atoms with E-state index in [0.717, 1.165) is 27.0 Å². The largest absolute Gasteiger partial charge is 0.480 e. The van der Waals surface area contributed by atoms with Crippen LogP contribution < -0.4 is 4.74 Å². The summed E-state index contributed by atoms with van der Waals surface area (Å²) < 4.78 is 6.48. The molecule has 2 rings (SSSR count). The fraction of sp³-hybridized carbons (Fsp3) is 0.118. The number of hydrogen-bond donors (Lipinski definition) is 0. The molecule has 0 fully saturated rings. The Morgan fingerprint density at radius 1 is 1.30 bits per heavy atom. The second-order valence-corrected chi connectivity index (χ2v) is 5.14. The molecule has 0 unspecified atom stereocenters. The average molecular weight is 328 g/mol. The predicted molar refractivity (Wildman–Crippen MR) is 86.9 cm³/mol. The van der Waals surface area contributed by atoms with E-state index in [9.17, 15) is 0 Å². The molecule has 2 aromatic rings. The van der Waals surface area contributed by atoms with Crippen LogP contribution in [-0.2, 0) is 0 Å². The van der Waals surface area contributed by atoms with Gasteiger partial charge in [0.2, 0.25) is 0 Å². The van der Waals surface area contributed by atoms with E-state index in [1.54, 1.807) is 6.21 Å². The standard InChI is InChI=1S/C17H14BrNO/c1-3-10-20-17-9-8-15(18)11-14(17)12-19-16-7-5-4-6-13(16)2/h1,4-9,11-12H,10H2,2H3. The number of nitrogens with zero attached hydrogens (tertiary/aromatic N) is 1. The number of terminal acetylenes is 1. The summed E-state index contributed by atoms with van der Waals surface area (Å²) in [4.78, 5) is 4.51. The first kappa shape index (κ1) is 14.4. The van der Waals surface area contributed by atoms with E-state index in [1.807, 2.05) is 49.4 Å². The van der Waals surface area contributed by atoms with Crippen LogP contribution in [0.4, 0.5) is 5.69 Å². The van der Waals surface area contributed by atoms with E-state index in [4.69, 9.17) is 11.2 Å². The first-order valence-corrected chi connectivity index (χ1v) is 6.95. The molecule has 0 aliphatic carbocycles. The Morgan fingerprint density at radius 2 is 2.10 bits per heavy atom. The molecule has 0 N–H and O–H groups in total. The van der Waals surface area contributed by atoms with E-state index in [2.05, 4.69) is 26.8 Å². The minimum atomic E-state index is 0.243. The van der Waals surface area contributed by atoms with Crippen molar-refractivity contribution in [2.45, 2.75) is 6.92 Å². The van der Waals surface area contributed by atoms with Gasteiger partial charge in [0.25, 0.3) is 0 Å². The van der Waals surface area contributed by atoms with E-state index in [0.29, 0.717) is 0 Å². The Hall–Kier alpha value is -2.05. The summed E-state index contributed by atoms with van der Waals surface area (Å²) in [5.41, 5.74) is 2.96. The van der Waals surface area contributed by atoms with Gasteiger partial charge in [-0.25, -0.2) is 0 Å². The summed E-state index contributed by atoms with van der Waals surface area (Å²) in [6.07, 6.45) is 7.01. The lowest BCUT2D eigenvalue weighted by molar-refractivity contribution is 0.370. The Balaban J connectivity index is 2.30. The third-order valence-electron chi connectivity index (χ3n) is 2.74. The number of hydrogen-bond acceptors (Lipinski definition) is 2. The molecule has 0 saturated carbocycles. The Kier molecular flexibility index (Phi) is 4.97. The zero-order valence-electron chi connectivity index (χ0n) is 11.1. The number of aryl methyl sites for hydroxylation is 1. The van der Waals surface area contributed by atoms with Crippen LogP contribution >= 0.6 is 15.9 Å². The third-order valence-corrected chi connectivity index (χ3v) is 3.23. The first-order chi connectivity index (χ1) is 9.70. The van der Waals surface area contributed by atoms with Crippen LogP contribution in [0.3, 0.4) is 0 Å². The molecule has 20 heavy (non-hydrogen) atoms. The van der Waals surface area contributed by atoms with Gasteiger partial charge in [-0.2, -0.15) is 0 Å². The van der Waals surface area contributed by atoms with Gasteiger partial charge in [-0.05, 0) is 36.8 Å². The van der Waals surface area contributed by atoms with Crippen LogP contribution in [0.15, 0.2) is 51.9 Å². The molecular weight excluding hydrogens is 314 g/mol. The van der Waals surface area contributed by atoms with E-state index in [-0.39, 0.29) is 6.61 Å². The van der Waals surface area contributed by atoms with Crippen molar-refractivity contribution in [3.63, 3.8) is 0 Å². The van der Waals surface area contributed by atoms with Crippen LogP contribution in [0.5, 0.6) is 5.75 Å². The molecule has 0 aliphatic rings. The van der Waals surface area contributed by atoms with Crippen molar-refractivity contribution < 1.29 is 4.74 Å². The average Bonchev–Trinajstić information content (AvgIpc) is 2.45. The van der Waals surface area contributed by atoms with Gasteiger partial charge in [0.15, 0.2) is 0 Å². The van der Waals surface area contributed by atoms with Crippen LogP contribution in [0.2, 0.25) is 0 Å². The monoisotopic (exact) mass is 327 g/mol. The molecule has 0 aromatic heterocycles. The van der Waals surface area contributed by atoms with Gasteiger partial charge in [0, 0.05) is 16.3 Å². The molecular formula is C17H14BrNO. The number of rotatable bonds is 4. The van der Waals surface area contributed by atoms with Gasteiger partial charge in [-0.1, -0.05) is 40.0 Å². The van der Waals surface area contributed by atoms with Gasteiger partial charge in [-0.3, -0.25) is 4.99 Å². The van der Waals surface area contributed by atoms with Crippen molar-refractivity contribution >= 4 is 27.8 Å². The zero-order valence-corrected chi connectivity index (χ0v) is 12.7. The maximum absolute atomic E-state index is 5.51. The van der Waals surface area contributed by atoms with Gasteiger partial charge in [-0.15, -0.1) is 6.42 Å². The minimum absolute atomic E-state index is 0.243. The van der Waals surface area contributed by atoms with Crippen molar-refractivity contribution in [1.82, 2.24) is 0 Å². The zero-order chi connectivity index (χ0) is 14.4. The molecule has 3 heteroatoms. The first-order valence-electron chi connectivity index (χ1n) is 6.16. The predicted octanol–water partition coefficient (Wildman–Crippen LogP) is 4.52. The molecule has 2 aromatic carbocycles. The summed E-state index contributed by atoms with van der Waals surface area (Å²) in [5.74, 6) is 3.19. The van der Waals surface area contributed by atoms with Crippen LogP contribution in [0.25, 0.3) is 0 Å². The second kappa shape index (κ2) is 6.93. The number of para-hydroxylation sites is 1. The van der Waals surface area contributed by atoms with Crippen LogP contribution in [0.1, 0.15) is 11.1 Å². The molecule has 2 nitrogen and oxygen atoms in total. The number of aliphatic imine (C=N–C) groups is 1. The molecule has 0 bridgehead atoms. The second-order valence-electron chi connectivity index (χ2n) is 4.22. The summed E-state index contributed by atoms with van der Waals surface area (Å²) >= 11 is 3.45. The highest BCUT2D eigenvalue weighted by Crippen LogP contribution is 2.23. The van der Waals surface area contributed by atoms with Crippen LogP contribution in [0, 0.1) is 19.3 Å². The highest BCUT2D eigenvalue weighted by molar-refractivity contribution is 9.10. The van der Waals surface area contributed by atoms with Crippen LogP contribution in [-0.4, -0.2) is 12.8 Å². The lowest BCUT2D eigenvalue weighted by Gasteiger charge is -2.07. The Labute approximate surface area is 127 Å². The van der Waals surface area contributed by atoms with Crippen molar-refractivity contribution in [1.29, 1.82) is 0 Å². The van der Waals surface area contributed by atoms with Gasteiger partial charge < -0.3 is 4.74 Å². The van der Waals surface area contributed by atoms with Crippen molar-refractivity contribution in [3.05, 3.63) is 58.1 Å². The lowest BCUT2D eigenvalue weighted by Crippen LogP contribution is -1.97. The molecule has 0 spiro atoms. The summed E-state index contributed by atoms with van der Waals surface area (Å²) in [5, 5.41) is 0. The summed E-state index contributed by atoms with van der Waals surface area (Å²) in [6, 6.07) is 13.7. The summed E-state index contributed by atoms with van der Waals surface area (Å²) in [7, 11) is 0. The quantitative estimate of drug-likeness (QED) is 0.597. The summed E-state index contributed by atoms with van der Waals surface area (Å²) in [6.45, 7) is 2.27. The molecule has 0 atom stereocenters. The maximum atomic E-state index is 5.51. The lowest BCUT2D eigenvalue weighted by atomic mass is 10.2. The van der Waals surface area contributed by atoms with Gasteiger partial charge in [0.1, 0.15) is 12.4 Å². The Morgan fingerprint density at radius 3 is 2.85 bits per heavy atom. The van der Waals surface area contributed by atoms with Crippen molar-refractivity contribution in [2.75, 3.05) is 6.61 Å². The Bertz CT molecular complexity index is 671. The molecule has 0 aliphatic heterocycles. The molecule has 0 amide bonds. The maximum Gasteiger partial charge on any atom is 0.148 e. The fourth-order valence-electron chi connectivity index (χ4n) is 1.72. The number of ether oxygens (including phenoxy) is 1. The molecule has 0 heterocycles. The van der Waals surface area contributed by atoms with E-state index < -0.39 is 0 Å². The normalized spacial score (nSPS) is 10.4. The van der Waals surface area contributed by atoms with Crippen molar-refractivity contribution in [3.8, 4) is 18.1 Å². The molecule has 0 saturated heterocycles. The van der Waals surface area contributed by atoms with E-state index in [1.165, 1.54) is 0 Å². The molecule has 0 radical (unpaired) electrons. The topological polar surface area (TPSA) is 21.6 Å². The van der Waals surface area contributed by atoms with Gasteiger partial charge >= 0.3 is 0 Å². The fourth-order valence-corrected chi connectivity index (χ4v) is 2.10. The smallest absolute Gasteiger partial charge is 0.148 e. The third kappa shape index (κ3) is 3.72. The highest BCUT2D eigenvalue weighted by atomic mass is 79.9. The van der Waals surface area contributed by atoms with Crippen molar-refractivity contribution in [2.24, 2.45) is 4.99 Å². The van der Waals surface area contributed by atoms with Gasteiger partial charge in [0.05, 0.1) is 5.69 Å². The minimum Gasteiger partial charge on any atom is -0.480 e. The molecule has 100 valence electrons. The number of halogens is 1. The number of benzene rings is 2.